The van der Waals surface area contributed by atoms with Crippen molar-refractivity contribution in [3.63, 3.8) is 0 Å². The second kappa shape index (κ2) is 6.52. The Hall–Kier alpha value is -0.390. The third kappa shape index (κ3) is 4.41. The van der Waals surface area contributed by atoms with E-state index in [1.54, 1.807) is 0 Å². The van der Waals surface area contributed by atoms with Gasteiger partial charge in [-0.1, -0.05) is 26.2 Å². The standard InChI is InChI=1S/C13H20IN3/c1-10-3-2-4-11(7-10)5-6-15-13-16-8-12(14)9-17-13/h8-11H,2-7H2,1H3,(H,15,16,17). The highest BCUT2D eigenvalue weighted by atomic mass is 127. The van der Waals surface area contributed by atoms with Crippen molar-refractivity contribution in [1.82, 2.24) is 9.97 Å². The van der Waals surface area contributed by atoms with Crippen LogP contribution >= 0.6 is 22.6 Å². The molecule has 0 bridgehead atoms. The largest absolute Gasteiger partial charge is 0.354 e. The van der Waals surface area contributed by atoms with E-state index in [2.05, 4.69) is 44.8 Å². The van der Waals surface area contributed by atoms with E-state index in [9.17, 15) is 0 Å². The molecular weight excluding hydrogens is 325 g/mol. The molecule has 0 amide bonds. The maximum absolute atomic E-state index is 4.25. The van der Waals surface area contributed by atoms with E-state index in [-0.39, 0.29) is 0 Å². The quantitative estimate of drug-likeness (QED) is 0.846. The molecule has 2 rings (SSSR count). The summed E-state index contributed by atoms with van der Waals surface area (Å²) in [5.41, 5.74) is 0. The van der Waals surface area contributed by atoms with Crippen molar-refractivity contribution in [1.29, 1.82) is 0 Å². The molecule has 3 nitrogen and oxygen atoms in total. The first-order valence-corrected chi connectivity index (χ1v) is 7.53. The fraction of sp³-hybridized carbons (Fsp3) is 0.692. The van der Waals surface area contributed by atoms with Gasteiger partial charge in [-0.25, -0.2) is 9.97 Å². The first kappa shape index (κ1) is 13.1. The molecule has 1 N–H and O–H groups in total. The van der Waals surface area contributed by atoms with E-state index in [0.717, 1.165) is 27.9 Å². The van der Waals surface area contributed by atoms with Crippen molar-refractivity contribution in [2.75, 3.05) is 11.9 Å². The SMILES string of the molecule is CC1CCCC(CCNc2ncc(I)cn2)C1. The third-order valence-corrected chi connectivity index (χ3v) is 4.06. The fourth-order valence-corrected chi connectivity index (χ4v) is 2.89. The molecule has 0 aliphatic heterocycles. The van der Waals surface area contributed by atoms with Gasteiger partial charge in [-0.05, 0) is 47.3 Å². The maximum Gasteiger partial charge on any atom is 0.222 e. The summed E-state index contributed by atoms with van der Waals surface area (Å²) < 4.78 is 1.08. The average molecular weight is 345 g/mol. The first-order chi connectivity index (χ1) is 8.24. The first-order valence-electron chi connectivity index (χ1n) is 6.45. The number of hydrogen-bond acceptors (Lipinski definition) is 3. The average Bonchev–Trinajstić information content (AvgIpc) is 2.32. The summed E-state index contributed by atoms with van der Waals surface area (Å²) in [7, 11) is 0. The van der Waals surface area contributed by atoms with Crippen LogP contribution in [0, 0.1) is 15.4 Å². The lowest BCUT2D eigenvalue weighted by atomic mass is 9.81. The molecule has 2 atom stereocenters. The van der Waals surface area contributed by atoms with Gasteiger partial charge < -0.3 is 5.32 Å². The molecule has 1 fully saturated rings. The smallest absolute Gasteiger partial charge is 0.222 e. The molecule has 17 heavy (non-hydrogen) atoms. The third-order valence-electron chi connectivity index (χ3n) is 3.50. The molecule has 0 radical (unpaired) electrons. The van der Waals surface area contributed by atoms with Crippen LogP contribution in [0.2, 0.25) is 0 Å². The predicted octanol–water partition coefficient (Wildman–Crippen LogP) is 3.71. The second-order valence-electron chi connectivity index (χ2n) is 5.08. The van der Waals surface area contributed by atoms with Gasteiger partial charge in [0.25, 0.3) is 0 Å². The van der Waals surface area contributed by atoms with Crippen LogP contribution in [0.15, 0.2) is 12.4 Å². The van der Waals surface area contributed by atoms with E-state index in [4.69, 9.17) is 0 Å². The lowest BCUT2D eigenvalue weighted by Gasteiger charge is -2.26. The molecule has 4 heteroatoms. The Morgan fingerprint density at radius 3 is 2.82 bits per heavy atom. The molecule has 94 valence electrons. The van der Waals surface area contributed by atoms with Crippen LogP contribution in [0.3, 0.4) is 0 Å². The van der Waals surface area contributed by atoms with Gasteiger partial charge in [0.1, 0.15) is 0 Å². The minimum absolute atomic E-state index is 0.759. The molecule has 1 saturated carbocycles. The van der Waals surface area contributed by atoms with Crippen LogP contribution in [0.25, 0.3) is 0 Å². The van der Waals surface area contributed by atoms with E-state index in [1.165, 1.54) is 32.1 Å². The Kier molecular flexibility index (Phi) is 5.00. The van der Waals surface area contributed by atoms with Gasteiger partial charge in [0, 0.05) is 22.5 Å². The Labute approximate surface area is 117 Å². The van der Waals surface area contributed by atoms with Crippen LogP contribution in [0.4, 0.5) is 5.95 Å². The summed E-state index contributed by atoms with van der Waals surface area (Å²) >= 11 is 2.22. The number of aromatic nitrogens is 2. The minimum Gasteiger partial charge on any atom is -0.354 e. The molecule has 0 spiro atoms. The zero-order chi connectivity index (χ0) is 12.1. The fourth-order valence-electron chi connectivity index (χ4n) is 2.61. The summed E-state index contributed by atoms with van der Waals surface area (Å²) in [6.07, 6.45) is 10.6. The Morgan fingerprint density at radius 1 is 1.35 bits per heavy atom. The van der Waals surface area contributed by atoms with Crippen molar-refractivity contribution in [2.24, 2.45) is 11.8 Å². The van der Waals surface area contributed by atoms with Gasteiger partial charge in [-0.15, -0.1) is 0 Å². The molecule has 2 unspecified atom stereocenters. The van der Waals surface area contributed by atoms with E-state index >= 15 is 0 Å². The zero-order valence-electron chi connectivity index (χ0n) is 10.3. The Bertz CT molecular complexity index is 339. The molecule has 0 saturated heterocycles. The maximum atomic E-state index is 4.25. The molecule has 1 heterocycles. The van der Waals surface area contributed by atoms with Gasteiger partial charge in [0.05, 0.1) is 0 Å². The Morgan fingerprint density at radius 2 is 2.12 bits per heavy atom. The lowest BCUT2D eigenvalue weighted by molar-refractivity contribution is 0.274. The summed E-state index contributed by atoms with van der Waals surface area (Å²) in [4.78, 5) is 8.49. The highest BCUT2D eigenvalue weighted by molar-refractivity contribution is 14.1. The Balaban J connectivity index is 1.70. The summed E-state index contributed by atoms with van der Waals surface area (Å²) in [6, 6.07) is 0. The number of rotatable bonds is 4. The van der Waals surface area contributed by atoms with Gasteiger partial charge in [0.2, 0.25) is 5.95 Å². The van der Waals surface area contributed by atoms with Crippen LogP contribution in [0.1, 0.15) is 39.0 Å². The van der Waals surface area contributed by atoms with Crippen molar-refractivity contribution in [3.8, 4) is 0 Å². The van der Waals surface area contributed by atoms with E-state index in [0.29, 0.717) is 0 Å². The number of hydrogen-bond donors (Lipinski definition) is 1. The highest BCUT2D eigenvalue weighted by Crippen LogP contribution is 2.30. The number of anilines is 1. The molecular formula is C13H20IN3. The van der Waals surface area contributed by atoms with E-state index in [1.807, 2.05) is 12.4 Å². The van der Waals surface area contributed by atoms with Crippen molar-refractivity contribution in [2.45, 2.75) is 39.0 Å². The van der Waals surface area contributed by atoms with Crippen molar-refractivity contribution < 1.29 is 0 Å². The number of nitrogens with one attached hydrogen (secondary N) is 1. The highest BCUT2D eigenvalue weighted by Gasteiger charge is 2.18. The van der Waals surface area contributed by atoms with Crippen molar-refractivity contribution in [3.05, 3.63) is 16.0 Å². The van der Waals surface area contributed by atoms with Gasteiger partial charge in [-0.3, -0.25) is 0 Å². The summed E-state index contributed by atoms with van der Waals surface area (Å²) in [6.45, 7) is 3.37. The molecule has 1 aliphatic rings. The van der Waals surface area contributed by atoms with Gasteiger partial charge in [0.15, 0.2) is 0 Å². The summed E-state index contributed by atoms with van der Waals surface area (Å²) in [5.74, 6) is 2.58. The van der Waals surface area contributed by atoms with Crippen LogP contribution < -0.4 is 5.32 Å². The van der Waals surface area contributed by atoms with Crippen LogP contribution in [-0.2, 0) is 0 Å². The molecule has 1 aromatic rings. The number of halogens is 1. The second-order valence-corrected chi connectivity index (χ2v) is 6.32. The van der Waals surface area contributed by atoms with Gasteiger partial charge >= 0.3 is 0 Å². The summed E-state index contributed by atoms with van der Waals surface area (Å²) in [5, 5.41) is 3.31. The molecule has 1 aliphatic carbocycles. The number of nitrogens with zero attached hydrogens (tertiary/aromatic N) is 2. The zero-order valence-corrected chi connectivity index (χ0v) is 12.5. The van der Waals surface area contributed by atoms with E-state index < -0.39 is 0 Å². The lowest BCUT2D eigenvalue weighted by Crippen LogP contribution is -2.17. The van der Waals surface area contributed by atoms with Crippen LogP contribution in [-0.4, -0.2) is 16.5 Å². The van der Waals surface area contributed by atoms with Gasteiger partial charge in [-0.2, -0.15) is 0 Å². The topological polar surface area (TPSA) is 37.8 Å². The molecule has 1 aromatic heterocycles. The normalized spacial score (nSPS) is 24.6. The predicted molar refractivity (Wildman–Crippen MR) is 79.0 cm³/mol. The molecule has 0 aromatic carbocycles. The monoisotopic (exact) mass is 345 g/mol. The van der Waals surface area contributed by atoms with Crippen molar-refractivity contribution >= 4 is 28.5 Å². The van der Waals surface area contributed by atoms with Crippen LogP contribution in [0.5, 0.6) is 0 Å². The minimum atomic E-state index is 0.759.